The molecular formula is C21H30N4O3. The lowest BCUT2D eigenvalue weighted by atomic mass is 10.0. The van der Waals surface area contributed by atoms with Crippen molar-refractivity contribution in [2.75, 3.05) is 27.2 Å². The summed E-state index contributed by atoms with van der Waals surface area (Å²) in [5.41, 5.74) is 3.18. The summed E-state index contributed by atoms with van der Waals surface area (Å²) in [6.45, 7) is 9.00. The van der Waals surface area contributed by atoms with Crippen molar-refractivity contribution in [1.29, 1.82) is 0 Å². The van der Waals surface area contributed by atoms with Crippen LogP contribution in [0.4, 0.5) is 0 Å². The molecule has 152 valence electrons. The summed E-state index contributed by atoms with van der Waals surface area (Å²) in [5, 5.41) is 9.53. The van der Waals surface area contributed by atoms with Crippen molar-refractivity contribution in [3.05, 3.63) is 41.1 Å². The molecule has 1 atom stereocenters. The number of aromatic nitrogens is 1. The summed E-state index contributed by atoms with van der Waals surface area (Å²) in [5.74, 6) is -0.165. The lowest BCUT2D eigenvalue weighted by Gasteiger charge is -2.21. The predicted octanol–water partition coefficient (Wildman–Crippen LogP) is 2.39. The van der Waals surface area contributed by atoms with Gasteiger partial charge < -0.3 is 20.1 Å². The Morgan fingerprint density at radius 1 is 1.18 bits per heavy atom. The average molecular weight is 386 g/mol. The monoisotopic (exact) mass is 386 g/mol. The van der Waals surface area contributed by atoms with E-state index in [2.05, 4.69) is 15.8 Å². The highest BCUT2D eigenvalue weighted by atomic mass is 16.5. The zero-order valence-electron chi connectivity index (χ0n) is 17.5. The molecule has 0 aliphatic rings. The molecule has 2 rings (SSSR count). The van der Waals surface area contributed by atoms with Gasteiger partial charge in [0.05, 0.1) is 0 Å². The van der Waals surface area contributed by atoms with Crippen LogP contribution in [-0.4, -0.2) is 55.1 Å². The van der Waals surface area contributed by atoms with Crippen LogP contribution in [0.15, 0.2) is 28.8 Å². The van der Waals surface area contributed by atoms with Crippen LogP contribution in [0.2, 0.25) is 0 Å². The molecule has 2 N–H and O–H groups in total. The summed E-state index contributed by atoms with van der Waals surface area (Å²) in [6, 6.07) is 6.98. The Labute approximate surface area is 166 Å². The first-order chi connectivity index (χ1) is 13.2. The molecule has 7 nitrogen and oxygen atoms in total. The summed E-state index contributed by atoms with van der Waals surface area (Å²) in [7, 11) is 3.87. The number of nitrogens with zero attached hydrogens (tertiary/aromatic N) is 2. The molecule has 0 unspecified atom stereocenters. The van der Waals surface area contributed by atoms with Gasteiger partial charge in [-0.25, -0.2) is 0 Å². The Hall–Kier alpha value is -2.67. The SMILES string of the molecule is Cc1ccc(C)c(-c2cc(C(=O)N[C@H](C(=O)NCCN(C)C)C(C)C)no2)c1. The highest BCUT2D eigenvalue weighted by Crippen LogP contribution is 2.25. The maximum Gasteiger partial charge on any atom is 0.274 e. The molecule has 0 radical (unpaired) electrons. The summed E-state index contributed by atoms with van der Waals surface area (Å²) < 4.78 is 5.38. The number of aryl methyl sites for hydroxylation is 2. The van der Waals surface area contributed by atoms with Gasteiger partial charge in [0.1, 0.15) is 6.04 Å². The van der Waals surface area contributed by atoms with Crippen molar-refractivity contribution in [3.63, 3.8) is 0 Å². The van der Waals surface area contributed by atoms with Gasteiger partial charge in [-0.2, -0.15) is 0 Å². The Morgan fingerprint density at radius 3 is 2.54 bits per heavy atom. The van der Waals surface area contributed by atoms with Crippen molar-refractivity contribution in [2.45, 2.75) is 33.7 Å². The fourth-order valence-electron chi connectivity index (χ4n) is 2.77. The lowest BCUT2D eigenvalue weighted by Crippen LogP contribution is -2.50. The number of carbonyl (C=O) groups excluding carboxylic acids is 2. The third-order valence-corrected chi connectivity index (χ3v) is 4.50. The van der Waals surface area contributed by atoms with Crippen LogP contribution < -0.4 is 10.6 Å². The van der Waals surface area contributed by atoms with E-state index >= 15 is 0 Å². The Kier molecular flexibility index (Phi) is 7.34. The molecule has 0 bridgehead atoms. The van der Waals surface area contributed by atoms with Crippen LogP contribution in [0.3, 0.4) is 0 Å². The quantitative estimate of drug-likeness (QED) is 0.727. The molecule has 1 heterocycles. The maximum atomic E-state index is 12.6. The third-order valence-electron chi connectivity index (χ3n) is 4.50. The molecule has 0 aliphatic carbocycles. The second-order valence-electron chi connectivity index (χ2n) is 7.68. The molecule has 2 aromatic rings. The normalized spacial score (nSPS) is 12.3. The third kappa shape index (κ3) is 5.66. The van der Waals surface area contributed by atoms with E-state index < -0.39 is 11.9 Å². The minimum atomic E-state index is -0.643. The first-order valence-corrected chi connectivity index (χ1v) is 9.46. The van der Waals surface area contributed by atoms with Gasteiger partial charge in [0, 0.05) is 24.7 Å². The minimum absolute atomic E-state index is 0.0614. The van der Waals surface area contributed by atoms with Gasteiger partial charge >= 0.3 is 0 Å². The fraction of sp³-hybridized carbons (Fsp3) is 0.476. The van der Waals surface area contributed by atoms with Gasteiger partial charge in [0.25, 0.3) is 5.91 Å². The molecule has 1 aromatic heterocycles. The van der Waals surface area contributed by atoms with Crippen LogP contribution in [0.5, 0.6) is 0 Å². The smallest absolute Gasteiger partial charge is 0.274 e. The molecule has 0 saturated carbocycles. The molecular weight excluding hydrogens is 356 g/mol. The fourth-order valence-corrected chi connectivity index (χ4v) is 2.77. The van der Waals surface area contributed by atoms with E-state index in [9.17, 15) is 9.59 Å². The van der Waals surface area contributed by atoms with Crippen molar-refractivity contribution in [2.24, 2.45) is 5.92 Å². The number of hydrogen-bond donors (Lipinski definition) is 2. The molecule has 28 heavy (non-hydrogen) atoms. The van der Waals surface area contributed by atoms with Gasteiger partial charge in [-0.15, -0.1) is 0 Å². The van der Waals surface area contributed by atoms with Crippen LogP contribution in [-0.2, 0) is 4.79 Å². The summed E-state index contributed by atoms with van der Waals surface area (Å²) in [6.07, 6.45) is 0. The van der Waals surface area contributed by atoms with Gasteiger partial charge in [-0.3, -0.25) is 9.59 Å². The van der Waals surface area contributed by atoms with E-state index in [1.165, 1.54) is 0 Å². The zero-order chi connectivity index (χ0) is 20.8. The molecule has 2 amide bonds. The van der Waals surface area contributed by atoms with E-state index in [-0.39, 0.29) is 17.5 Å². The van der Waals surface area contributed by atoms with Crippen LogP contribution in [0.1, 0.15) is 35.5 Å². The first-order valence-electron chi connectivity index (χ1n) is 9.46. The molecule has 0 saturated heterocycles. The largest absolute Gasteiger partial charge is 0.355 e. The molecule has 7 heteroatoms. The number of amides is 2. The van der Waals surface area contributed by atoms with E-state index in [1.807, 2.05) is 64.9 Å². The van der Waals surface area contributed by atoms with Crippen molar-refractivity contribution in [1.82, 2.24) is 20.7 Å². The number of likely N-dealkylation sites (N-methyl/N-ethyl adjacent to an activating group) is 1. The molecule has 0 aliphatic heterocycles. The first kappa shape index (κ1) is 21.6. The van der Waals surface area contributed by atoms with E-state index in [0.717, 1.165) is 23.2 Å². The minimum Gasteiger partial charge on any atom is -0.355 e. The van der Waals surface area contributed by atoms with Crippen LogP contribution >= 0.6 is 0 Å². The van der Waals surface area contributed by atoms with Gasteiger partial charge in [-0.1, -0.05) is 36.7 Å². The lowest BCUT2D eigenvalue weighted by molar-refractivity contribution is -0.123. The second kappa shape index (κ2) is 9.50. The van der Waals surface area contributed by atoms with Crippen molar-refractivity contribution >= 4 is 11.8 Å². The zero-order valence-corrected chi connectivity index (χ0v) is 17.5. The Morgan fingerprint density at radius 2 is 1.89 bits per heavy atom. The Bertz CT molecular complexity index is 827. The van der Waals surface area contributed by atoms with Crippen molar-refractivity contribution in [3.8, 4) is 11.3 Å². The van der Waals surface area contributed by atoms with Gasteiger partial charge in [0.15, 0.2) is 11.5 Å². The van der Waals surface area contributed by atoms with Crippen molar-refractivity contribution < 1.29 is 14.1 Å². The topological polar surface area (TPSA) is 87.5 Å². The second-order valence-corrected chi connectivity index (χ2v) is 7.68. The Balaban J connectivity index is 2.09. The number of benzene rings is 1. The van der Waals surface area contributed by atoms with Gasteiger partial charge in [-0.05, 0) is 45.5 Å². The number of rotatable bonds is 8. The standard InChI is InChI=1S/C21H30N4O3/c1-13(2)19(21(27)22-9-10-25(5)6)23-20(26)17-12-18(28-24-17)16-11-14(3)7-8-15(16)4/h7-8,11-13,19H,9-10H2,1-6H3,(H,22,27)(H,23,26)/t19-/m0/s1. The summed E-state index contributed by atoms with van der Waals surface area (Å²) >= 11 is 0. The molecule has 1 aromatic carbocycles. The van der Waals surface area contributed by atoms with Gasteiger partial charge in [0.2, 0.25) is 5.91 Å². The molecule has 0 spiro atoms. The number of carbonyl (C=O) groups is 2. The van der Waals surface area contributed by atoms with Crippen LogP contribution in [0.25, 0.3) is 11.3 Å². The number of nitrogens with one attached hydrogen (secondary N) is 2. The molecule has 0 fully saturated rings. The van der Waals surface area contributed by atoms with E-state index in [4.69, 9.17) is 4.52 Å². The summed E-state index contributed by atoms with van der Waals surface area (Å²) in [4.78, 5) is 27.1. The van der Waals surface area contributed by atoms with E-state index in [0.29, 0.717) is 12.3 Å². The maximum absolute atomic E-state index is 12.6. The van der Waals surface area contributed by atoms with E-state index in [1.54, 1.807) is 6.07 Å². The number of hydrogen-bond acceptors (Lipinski definition) is 5. The van der Waals surface area contributed by atoms with Crippen LogP contribution in [0, 0.1) is 19.8 Å². The highest BCUT2D eigenvalue weighted by molar-refractivity contribution is 5.96. The average Bonchev–Trinajstić information content (AvgIpc) is 3.10. The predicted molar refractivity (Wildman–Crippen MR) is 109 cm³/mol. The highest BCUT2D eigenvalue weighted by Gasteiger charge is 2.26.